The van der Waals surface area contributed by atoms with Crippen molar-refractivity contribution in [1.29, 1.82) is 0 Å². The van der Waals surface area contributed by atoms with E-state index < -0.39 is 0 Å². The average Bonchev–Trinajstić information content (AvgIpc) is 2.16. The minimum Gasteiger partial charge on any atom is -0.496 e. The molecule has 0 bridgehead atoms. The molecule has 0 aromatic heterocycles. The number of hydrogen-bond acceptors (Lipinski definition) is 2. The first kappa shape index (κ1) is 10.1. The fraction of sp³-hybridized carbons (Fsp3) is 0.200. The summed E-state index contributed by atoms with van der Waals surface area (Å²) in [7, 11) is 3.24. The zero-order valence-corrected chi connectivity index (χ0v) is 9.22. The zero-order chi connectivity index (χ0) is 9.84. The van der Waals surface area contributed by atoms with Gasteiger partial charge in [0.2, 0.25) is 0 Å². The summed E-state index contributed by atoms with van der Waals surface area (Å²) in [4.78, 5) is 0. The van der Waals surface area contributed by atoms with Gasteiger partial charge < -0.3 is 9.47 Å². The van der Waals surface area contributed by atoms with Gasteiger partial charge >= 0.3 is 0 Å². The largest absolute Gasteiger partial charge is 0.496 e. The summed E-state index contributed by atoms with van der Waals surface area (Å²) in [5.41, 5.74) is 0.854. The zero-order valence-electron chi connectivity index (χ0n) is 7.63. The monoisotopic (exact) mass is 242 g/mol. The molecule has 0 aliphatic carbocycles. The highest BCUT2D eigenvalue weighted by Crippen LogP contribution is 2.36. The van der Waals surface area contributed by atoms with Crippen LogP contribution in [0.25, 0.3) is 4.48 Å². The van der Waals surface area contributed by atoms with Crippen molar-refractivity contribution in [2.75, 3.05) is 14.2 Å². The maximum atomic E-state index is 5.18. The SMILES string of the molecule is C=C(Br)c1c(OC)cccc1OC. The summed E-state index contributed by atoms with van der Waals surface area (Å²) in [5, 5.41) is 0. The van der Waals surface area contributed by atoms with Gasteiger partial charge in [-0.15, -0.1) is 0 Å². The van der Waals surface area contributed by atoms with E-state index in [1.54, 1.807) is 14.2 Å². The summed E-state index contributed by atoms with van der Waals surface area (Å²) < 4.78 is 11.1. The van der Waals surface area contributed by atoms with E-state index in [9.17, 15) is 0 Å². The van der Waals surface area contributed by atoms with Crippen molar-refractivity contribution in [2.45, 2.75) is 0 Å². The highest BCUT2D eigenvalue weighted by atomic mass is 79.9. The molecule has 0 amide bonds. The van der Waals surface area contributed by atoms with E-state index in [1.807, 2.05) is 18.2 Å². The average molecular weight is 243 g/mol. The van der Waals surface area contributed by atoms with Crippen LogP contribution in [0.5, 0.6) is 11.5 Å². The molecule has 3 heteroatoms. The fourth-order valence-corrected chi connectivity index (χ4v) is 1.51. The number of hydrogen-bond donors (Lipinski definition) is 0. The van der Waals surface area contributed by atoms with Crippen LogP contribution in [0.2, 0.25) is 0 Å². The van der Waals surface area contributed by atoms with E-state index in [1.165, 1.54) is 0 Å². The first-order chi connectivity index (χ1) is 6.20. The van der Waals surface area contributed by atoms with Gasteiger partial charge in [-0.2, -0.15) is 0 Å². The lowest BCUT2D eigenvalue weighted by Gasteiger charge is -2.11. The van der Waals surface area contributed by atoms with Crippen LogP contribution < -0.4 is 9.47 Å². The molecule has 0 unspecified atom stereocenters. The lowest BCUT2D eigenvalue weighted by molar-refractivity contribution is 0.392. The molecule has 0 N–H and O–H groups in total. The van der Waals surface area contributed by atoms with Crippen molar-refractivity contribution in [3.05, 3.63) is 30.3 Å². The van der Waals surface area contributed by atoms with E-state index in [-0.39, 0.29) is 0 Å². The molecule has 2 nitrogen and oxygen atoms in total. The molecular weight excluding hydrogens is 232 g/mol. The summed E-state index contributed by atoms with van der Waals surface area (Å²) in [6, 6.07) is 5.60. The Balaban J connectivity index is 3.29. The molecule has 0 spiro atoms. The summed E-state index contributed by atoms with van der Waals surface area (Å²) in [6.07, 6.45) is 0. The Labute approximate surface area is 86.3 Å². The van der Waals surface area contributed by atoms with Crippen LogP contribution in [-0.2, 0) is 0 Å². The smallest absolute Gasteiger partial charge is 0.130 e. The Morgan fingerprint density at radius 3 is 2.00 bits per heavy atom. The van der Waals surface area contributed by atoms with Crippen molar-refractivity contribution in [3.8, 4) is 11.5 Å². The molecule has 0 fully saturated rings. The molecule has 0 atom stereocenters. The van der Waals surface area contributed by atoms with Gasteiger partial charge in [-0.05, 0) is 12.1 Å². The standard InChI is InChI=1S/C10H11BrO2/c1-7(11)10-8(12-2)5-4-6-9(10)13-3/h4-6H,1H2,2-3H3. The molecule has 0 radical (unpaired) electrons. The quantitative estimate of drug-likeness (QED) is 0.812. The van der Waals surface area contributed by atoms with E-state index in [0.717, 1.165) is 21.5 Å². The van der Waals surface area contributed by atoms with Crippen LogP contribution in [0.3, 0.4) is 0 Å². The van der Waals surface area contributed by atoms with Crippen LogP contribution >= 0.6 is 15.9 Å². The summed E-state index contributed by atoms with van der Waals surface area (Å²) in [6.45, 7) is 3.80. The van der Waals surface area contributed by atoms with E-state index in [4.69, 9.17) is 9.47 Å². The Bertz CT molecular complexity index is 298. The lowest BCUT2D eigenvalue weighted by Crippen LogP contribution is -1.93. The third kappa shape index (κ3) is 2.04. The van der Waals surface area contributed by atoms with Crippen molar-refractivity contribution in [1.82, 2.24) is 0 Å². The van der Waals surface area contributed by atoms with Gasteiger partial charge in [0.05, 0.1) is 19.8 Å². The van der Waals surface area contributed by atoms with Gasteiger partial charge in [0.25, 0.3) is 0 Å². The van der Waals surface area contributed by atoms with Gasteiger partial charge in [0.15, 0.2) is 0 Å². The number of methoxy groups -OCH3 is 2. The molecule has 1 aromatic rings. The second kappa shape index (κ2) is 4.33. The maximum absolute atomic E-state index is 5.18. The maximum Gasteiger partial charge on any atom is 0.130 e. The lowest BCUT2D eigenvalue weighted by atomic mass is 10.2. The molecule has 0 heterocycles. The third-order valence-corrected chi connectivity index (χ3v) is 2.10. The fourth-order valence-electron chi connectivity index (χ4n) is 1.12. The second-order valence-electron chi connectivity index (χ2n) is 2.44. The van der Waals surface area contributed by atoms with Crippen LogP contribution in [0.4, 0.5) is 0 Å². The third-order valence-electron chi connectivity index (χ3n) is 1.70. The highest BCUT2D eigenvalue weighted by Gasteiger charge is 2.10. The minimum atomic E-state index is 0.751. The molecule has 0 aliphatic heterocycles. The van der Waals surface area contributed by atoms with Crippen LogP contribution in [-0.4, -0.2) is 14.2 Å². The molecular formula is C10H11BrO2. The van der Waals surface area contributed by atoms with E-state index in [0.29, 0.717) is 0 Å². The normalized spacial score (nSPS) is 9.46. The van der Waals surface area contributed by atoms with Gasteiger partial charge in [-0.3, -0.25) is 0 Å². The molecule has 0 saturated heterocycles. The Hall–Kier alpha value is -0.960. The van der Waals surface area contributed by atoms with E-state index >= 15 is 0 Å². The molecule has 13 heavy (non-hydrogen) atoms. The van der Waals surface area contributed by atoms with Crippen LogP contribution in [0, 0.1) is 0 Å². The number of benzene rings is 1. The summed E-state index contributed by atoms with van der Waals surface area (Å²) >= 11 is 3.31. The molecule has 0 saturated carbocycles. The van der Waals surface area contributed by atoms with Crippen molar-refractivity contribution in [2.24, 2.45) is 0 Å². The van der Waals surface area contributed by atoms with Gasteiger partial charge in [0.1, 0.15) is 11.5 Å². The van der Waals surface area contributed by atoms with Crippen LogP contribution in [0.1, 0.15) is 5.56 Å². The van der Waals surface area contributed by atoms with E-state index in [2.05, 4.69) is 22.5 Å². The van der Waals surface area contributed by atoms with Crippen molar-refractivity contribution in [3.63, 3.8) is 0 Å². The van der Waals surface area contributed by atoms with Gasteiger partial charge in [0, 0.05) is 4.48 Å². The van der Waals surface area contributed by atoms with Crippen molar-refractivity contribution >= 4 is 20.4 Å². The molecule has 0 aliphatic rings. The first-order valence-electron chi connectivity index (χ1n) is 3.76. The first-order valence-corrected chi connectivity index (χ1v) is 4.55. The number of ether oxygens (including phenoxy) is 2. The van der Waals surface area contributed by atoms with Gasteiger partial charge in [-0.25, -0.2) is 0 Å². The second-order valence-corrected chi connectivity index (χ2v) is 3.40. The van der Waals surface area contributed by atoms with Gasteiger partial charge in [-0.1, -0.05) is 28.6 Å². The highest BCUT2D eigenvalue weighted by molar-refractivity contribution is 9.15. The predicted octanol–water partition coefficient (Wildman–Crippen LogP) is 3.07. The predicted molar refractivity (Wildman–Crippen MR) is 57.5 cm³/mol. The number of halogens is 1. The minimum absolute atomic E-state index is 0.751. The Morgan fingerprint density at radius 1 is 1.23 bits per heavy atom. The topological polar surface area (TPSA) is 18.5 Å². The Kier molecular flexibility index (Phi) is 3.37. The Morgan fingerprint density at radius 2 is 1.69 bits per heavy atom. The molecule has 1 aromatic carbocycles. The van der Waals surface area contributed by atoms with Crippen LogP contribution in [0.15, 0.2) is 24.8 Å². The summed E-state index contributed by atoms with van der Waals surface area (Å²) in [5.74, 6) is 1.50. The number of rotatable bonds is 3. The van der Waals surface area contributed by atoms with Crippen molar-refractivity contribution < 1.29 is 9.47 Å². The molecule has 70 valence electrons. The molecule has 1 rings (SSSR count).